The van der Waals surface area contributed by atoms with Gasteiger partial charge in [-0.2, -0.15) is 0 Å². The number of aryl methyl sites for hydroxylation is 1. The van der Waals surface area contributed by atoms with Crippen molar-refractivity contribution >= 4 is 17.4 Å². The van der Waals surface area contributed by atoms with Crippen molar-refractivity contribution < 1.29 is 14.3 Å². The molecule has 0 saturated carbocycles. The maximum absolute atomic E-state index is 12.3. The summed E-state index contributed by atoms with van der Waals surface area (Å²) in [6, 6.07) is 12.9. The van der Waals surface area contributed by atoms with Crippen molar-refractivity contribution in [2.45, 2.75) is 39.4 Å². The van der Waals surface area contributed by atoms with E-state index in [-0.39, 0.29) is 12.1 Å². The average Bonchev–Trinajstić information content (AvgIpc) is 2.84. The van der Waals surface area contributed by atoms with E-state index in [1.807, 2.05) is 70.2 Å². The Morgan fingerprint density at radius 3 is 2.56 bits per heavy atom. The number of anilines is 2. The molecule has 5 heteroatoms. The van der Waals surface area contributed by atoms with Gasteiger partial charge in [0.25, 0.3) is 0 Å². The highest BCUT2D eigenvalue weighted by Gasteiger charge is 2.44. The van der Waals surface area contributed by atoms with Gasteiger partial charge in [-0.3, -0.25) is 0 Å². The largest absolute Gasteiger partial charge is 0.482 e. The Morgan fingerprint density at radius 2 is 1.88 bits per heavy atom. The highest BCUT2D eigenvalue weighted by molar-refractivity contribution is 6.01. The number of urea groups is 1. The van der Waals surface area contributed by atoms with Crippen molar-refractivity contribution in [3.05, 3.63) is 53.6 Å². The molecule has 0 aliphatic carbocycles. The van der Waals surface area contributed by atoms with E-state index in [4.69, 9.17) is 9.47 Å². The molecule has 3 rings (SSSR count). The number of nitrogens with one attached hydrogen (secondary N) is 2. The van der Waals surface area contributed by atoms with Crippen LogP contribution in [0.4, 0.5) is 16.2 Å². The summed E-state index contributed by atoms with van der Waals surface area (Å²) in [5.74, 6) is 0.687. The monoisotopic (exact) mass is 340 g/mol. The van der Waals surface area contributed by atoms with Crippen LogP contribution in [-0.2, 0) is 4.74 Å². The molecular formula is C20H24N2O3. The van der Waals surface area contributed by atoms with Gasteiger partial charge in [-0.25, -0.2) is 4.79 Å². The molecule has 0 saturated heterocycles. The number of amides is 2. The van der Waals surface area contributed by atoms with Gasteiger partial charge in [0, 0.05) is 17.9 Å². The Hall–Kier alpha value is -2.53. The third-order valence-corrected chi connectivity index (χ3v) is 4.29. The molecule has 2 aromatic rings. The molecular weight excluding hydrogens is 316 g/mol. The molecule has 2 aromatic carbocycles. The molecule has 1 aliphatic rings. The fraction of sp³-hybridized carbons (Fsp3) is 0.350. The summed E-state index contributed by atoms with van der Waals surface area (Å²) in [5, 5.41) is 5.70. The molecule has 0 bridgehead atoms. The highest BCUT2D eigenvalue weighted by atomic mass is 16.6. The standard InChI is InChI=1S/C20H24N2O3/c1-5-24-18-16-13(2)11-12-15(17(16)25-20(18,3)4)22-19(23)21-14-9-7-6-8-10-14/h6-12,18H,5H2,1-4H3,(H2,21,22,23)/t18-/m0/s1. The lowest BCUT2D eigenvalue weighted by Crippen LogP contribution is -2.32. The van der Waals surface area contributed by atoms with Crippen LogP contribution in [0.15, 0.2) is 42.5 Å². The van der Waals surface area contributed by atoms with Crippen molar-refractivity contribution in [3.8, 4) is 5.75 Å². The van der Waals surface area contributed by atoms with Crippen molar-refractivity contribution in [2.75, 3.05) is 17.2 Å². The zero-order valence-corrected chi connectivity index (χ0v) is 15.1. The van der Waals surface area contributed by atoms with Crippen molar-refractivity contribution in [1.29, 1.82) is 0 Å². The van der Waals surface area contributed by atoms with E-state index in [0.717, 1.165) is 16.8 Å². The molecule has 0 aromatic heterocycles. The number of fused-ring (bicyclic) bond motifs is 1. The van der Waals surface area contributed by atoms with Gasteiger partial charge in [-0.15, -0.1) is 0 Å². The predicted molar refractivity (Wildman–Crippen MR) is 99.3 cm³/mol. The number of ether oxygens (including phenoxy) is 2. The molecule has 1 heterocycles. The molecule has 5 nitrogen and oxygen atoms in total. The fourth-order valence-electron chi connectivity index (χ4n) is 3.15. The lowest BCUT2D eigenvalue weighted by molar-refractivity contribution is -0.0471. The topological polar surface area (TPSA) is 59.6 Å². The van der Waals surface area contributed by atoms with Gasteiger partial charge < -0.3 is 20.1 Å². The molecule has 1 atom stereocenters. The summed E-state index contributed by atoms with van der Waals surface area (Å²) in [5.41, 5.74) is 2.98. The first-order valence-corrected chi connectivity index (χ1v) is 8.49. The van der Waals surface area contributed by atoms with Gasteiger partial charge >= 0.3 is 6.03 Å². The van der Waals surface area contributed by atoms with Gasteiger partial charge in [-0.05, 0) is 51.5 Å². The van der Waals surface area contributed by atoms with Gasteiger partial charge in [0.15, 0.2) is 0 Å². The minimum Gasteiger partial charge on any atom is -0.482 e. The van der Waals surface area contributed by atoms with Crippen LogP contribution in [0, 0.1) is 6.92 Å². The van der Waals surface area contributed by atoms with Gasteiger partial charge in [-0.1, -0.05) is 24.3 Å². The quantitative estimate of drug-likeness (QED) is 0.833. The molecule has 0 fully saturated rings. The van der Waals surface area contributed by atoms with Gasteiger partial charge in [0.05, 0.1) is 5.69 Å². The first-order chi connectivity index (χ1) is 11.9. The number of rotatable bonds is 4. The van der Waals surface area contributed by atoms with Crippen LogP contribution in [0.3, 0.4) is 0 Å². The van der Waals surface area contributed by atoms with Crippen LogP contribution >= 0.6 is 0 Å². The first kappa shape index (κ1) is 17.3. The summed E-state index contributed by atoms with van der Waals surface area (Å²) < 4.78 is 12.1. The molecule has 1 aliphatic heterocycles. The smallest absolute Gasteiger partial charge is 0.323 e. The summed E-state index contributed by atoms with van der Waals surface area (Å²) in [4.78, 5) is 12.3. The third kappa shape index (κ3) is 3.46. The number of carbonyl (C=O) groups is 1. The number of para-hydroxylation sites is 1. The SMILES string of the molecule is CCO[C@H]1c2c(C)ccc(NC(=O)Nc3ccccc3)c2OC1(C)C. The first-order valence-electron chi connectivity index (χ1n) is 8.49. The van der Waals surface area contributed by atoms with Crippen LogP contribution in [0.5, 0.6) is 5.75 Å². The molecule has 2 N–H and O–H groups in total. The van der Waals surface area contributed by atoms with E-state index in [0.29, 0.717) is 18.0 Å². The van der Waals surface area contributed by atoms with E-state index in [2.05, 4.69) is 10.6 Å². The number of carbonyl (C=O) groups excluding carboxylic acids is 1. The van der Waals surface area contributed by atoms with Crippen molar-refractivity contribution in [1.82, 2.24) is 0 Å². The maximum Gasteiger partial charge on any atom is 0.323 e. The van der Waals surface area contributed by atoms with Crippen molar-refractivity contribution in [2.24, 2.45) is 0 Å². The average molecular weight is 340 g/mol. The molecule has 132 valence electrons. The van der Waals surface area contributed by atoms with Gasteiger partial charge in [0.1, 0.15) is 17.5 Å². The minimum absolute atomic E-state index is 0.161. The lowest BCUT2D eigenvalue weighted by Gasteiger charge is -2.26. The normalized spacial score (nSPS) is 17.5. The van der Waals surface area contributed by atoms with Crippen LogP contribution in [0.25, 0.3) is 0 Å². The predicted octanol–water partition coefficient (Wildman–Crippen LogP) is 4.89. The Labute approximate surface area is 148 Å². The van der Waals surface area contributed by atoms with E-state index in [1.165, 1.54) is 0 Å². The summed E-state index contributed by atoms with van der Waals surface area (Å²) in [6.45, 7) is 8.60. The van der Waals surface area contributed by atoms with Gasteiger partial charge in [0.2, 0.25) is 0 Å². The Bertz CT molecular complexity index is 772. The lowest BCUT2D eigenvalue weighted by atomic mass is 9.94. The Kier molecular flexibility index (Phi) is 4.68. The summed E-state index contributed by atoms with van der Waals surface area (Å²) in [7, 11) is 0. The van der Waals surface area contributed by atoms with Crippen LogP contribution < -0.4 is 15.4 Å². The third-order valence-electron chi connectivity index (χ3n) is 4.29. The van der Waals surface area contributed by atoms with Crippen LogP contribution in [0.2, 0.25) is 0 Å². The molecule has 25 heavy (non-hydrogen) atoms. The number of hydrogen-bond donors (Lipinski definition) is 2. The number of hydrogen-bond acceptors (Lipinski definition) is 3. The summed E-state index contributed by atoms with van der Waals surface area (Å²) in [6.07, 6.45) is -0.161. The van der Waals surface area contributed by atoms with E-state index < -0.39 is 5.60 Å². The van der Waals surface area contributed by atoms with Crippen LogP contribution in [-0.4, -0.2) is 18.2 Å². The van der Waals surface area contributed by atoms with Crippen LogP contribution in [0.1, 0.15) is 38.0 Å². The molecule has 0 radical (unpaired) electrons. The molecule has 2 amide bonds. The molecule has 0 unspecified atom stereocenters. The summed E-state index contributed by atoms with van der Waals surface area (Å²) >= 11 is 0. The minimum atomic E-state index is -0.489. The van der Waals surface area contributed by atoms with E-state index >= 15 is 0 Å². The molecule has 0 spiro atoms. The highest BCUT2D eigenvalue weighted by Crippen LogP contribution is 2.50. The second-order valence-electron chi connectivity index (χ2n) is 6.66. The number of benzene rings is 2. The second-order valence-corrected chi connectivity index (χ2v) is 6.66. The van der Waals surface area contributed by atoms with Crippen molar-refractivity contribution in [3.63, 3.8) is 0 Å². The Balaban J connectivity index is 1.86. The van der Waals surface area contributed by atoms with E-state index in [1.54, 1.807) is 0 Å². The van der Waals surface area contributed by atoms with E-state index in [9.17, 15) is 4.79 Å². The second kappa shape index (κ2) is 6.76. The fourth-order valence-corrected chi connectivity index (χ4v) is 3.15. The zero-order chi connectivity index (χ0) is 18.0. The zero-order valence-electron chi connectivity index (χ0n) is 15.1. The Morgan fingerprint density at radius 1 is 1.16 bits per heavy atom. The maximum atomic E-state index is 12.3.